The highest BCUT2D eigenvalue weighted by atomic mass is 19.1. The molecule has 0 spiro atoms. The fourth-order valence-electron chi connectivity index (χ4n) is 2.47. The number of nitrogens with zero attached hydrogens (tertiary/aromatic N) is 1. The smallest absolute Gasteiger partial charge is 0.253 e. The van der Waals surface area contributed by atoms with Crippen LogP contribution in [0.25, 0.3) is 0 Å². The summed E-state index contributed by atoms with van der Waals surface area (Å²) >= 11 is 0. The fourth-order valence-corrected chi connectivity index (χ4v) is 2.47. The van der Waals surface area contributed by atoms with Crippen molar-refractivity contribution in [2.75, 3.05) is 32.5 Å². The summed E-state index contributed by atoms with van der Waals surface area (Å²) in [5, 5.41) is 10.4. The minimum Gasteiger partial charge on any atom is -0.398 e. The number of nitrogen functional groups attached to an aromatic ring is 1. The third-order valence-corrected chi connectivity index (χ3v) is 3.93. The van der Waals surface area contributed by atoms with Crippen LogP contribution in [0.1, 0.15) is 28.8 Å². The lowest BCUT2D eigenvalue weighted by Crippen LogP contribution is -2.47. The van der Waals surface area contributed by atoms with Crippen molar-refractivity contribution >= 4 is 11.6 Å². The van der Waals surface area contributed by atoms with E-state index in [1.165, 1.54) is 17.0 Å². The number of nitrogens with two attached hydrogens (primary N) is 1. The molecular weight excluding hydrogens is 275 g/mol. The van der Waals surface area contributed by atoms with Crippen molar-refractivity contribution in [1.29, 1.82) is 0 Å². The molecular formula is C15H21FN2O3. The lowest BCUT2D eigenvalue weighted by atomic mass is 9.93. The molecule has 0 unspecified atom stereocenters. The molecule has 1 aliphatic rings. The minimum absolute atomic E-state index is 0.185. The second-order valence-electron chi connectivity index (χ2n) is 5.67. The van der Waals surface area contributed by atoms with Crippen LogP contribution in [0.4, 0.5) is 10.1 Å². The van der Waals surface area contributed by atoms with Gasteiger partial charge in [-0.1, -0.05) is 0 Å². The van der Waals surface area contributed by atoms with Gasteiger partial charge in [-0.25, -0.2) is 4.39 Å². The number of rotatable bonds is 3. The van der Waals surface area contributed by atoms with Crippen LogP contribution in [-0.4, -0.2) is 48.3 Å². The molecule has 2 rings (SSSR count). The van der Waals surface area contributed by atoms with E-state index < -0.39 is 11.4 Å². The Morgan fingerprint density at radius 1 is 1.48 bits per heavy atom. The van der Waals surface area contributed by atoms with Crippen LogP contribution in [0.3, 0.4) is 0 Å². The van der Waals surface area contributed by atoms with E-state index in [-0.39, 0.29) is 23.7 Å². The predicted octanol–water partition coefficient (Wildman–Crippen LogP) is 1.33. The monoisotopic (exact) mass is 296 g/mol. The van der Waals surface area contributed by atoms with Crippen molar-refractivity contribution in [2.45, 2.75) is 25.4 Å². The number of hydrogen-bond acceptors (Lipinski definition) is 4. The Bertz CT molecular complexity index is 519. The van der Waals surface area contributed by atoms with E-state index in [1.54, 1.807) is 14.0 Å². The first-order chi connectivity index (χ1) is 9.82. The summed E-state index contributed by atoms with van der Waals surface area (Å²) < 4.78 is 18.9. The maximum atomic E-state index is 13.7. The average Bonchev–Trinajstić information content (AvgIpc) is 2.43. The van der Waals surface area contributed by atoms with Gasteiger partial charge in [0.2, 0.25) is 0 Å². The number of carbonyl (C=O) groups excluding carboxylic acids is 1. The van der Waals surface area contributed by atoms with Crippen molar-refractivity contribution in [3.63, 3.8) is 0 Å². The molecule has 0 aromatic heterocycles. The summed E-state index contributed by atoms with van der Waals surface area (Å²) in [6, 6.07) is 2.64. The normalized spacial score (nSPS) is 17.5. The molecule has 6 heteroatoms. The second-order valence-corrected chi connectivity index (χ2v) is 5.67. The zero-order valence-corrected chi connectivity index (χ0v) is 12.4. The van der Waals surface area contributed by atoms with Gasteiger partial charge in [0.05, 0.1) is 5.60 Å². The highest BCUT2D eigenvalue weighted by Gasteiger charge is 2.32. The topological polar surface area (TPSA) is 75.8 Å². The Balaban J connectivity index is 2.12. The number of aliphatic hydroxyl groups is 1. The SMILES string of the molecule is Cc1c(N)cc(C(=O)N(C)CC2(O)CCOCC2)cc1F. The summed E-state index contributed by atoms with van der Waals surface area (Å²) in [6.45, 7) is 2.70. The van der Waals surface area contributed by atoms with E-state index in [9.17, 15) is 14.3 Å². The molecule has 116 valence electrons. The minimum atomic E-state index is -0.947. The second kappa shape index (κ2) is 5.99. The molecule has 1 heterocycles. The lowest BCUT2D eigenvalue weighted by molar-refractivity contribution is -0.0734. The molecule has 0 atom stereocenters. The number of anilines is 1. The molecule has 3 N–H and O–H groups in total. The zero-order chi connectivity index (χ0) is 15.6. The van der Waals surface area contributed by atoms with Gasteiger partial charge in [-0.05, 0) is 19.1 Å². The Hall–Kier alpha value is -1.66. The van der Waals surface area contributed by atoms with Gasteiger partial charge in [0.25, 0.3) is 5.91 Å². The molecule has 1 saturated heterocycles. The summed E-state index contributed by atoms with van der Waals surface area (Å²) in [5.41, 5.74) is 5.51. The Kier molecular flexibility index (Phi) is 4.49. The van der Waals surface area contributed by atoms with E-state index in [2.05, 4.69) is 0 Å². The van der Waals surface area contributed by atoms with E-state index in [0.29, 0.717) is 31.6 Å². The molecule has 0 aliphatic carbocycles. The number of ether oxygens (including phenoxy) is 1. The highest BCUT2D eigenvalue weighted by Crippen LogP contribution is 2.23. The van der Waals surface area contributed by atoms with E-state index in [1.807, 2.05) is 0 Å². The van der Waals surface area contributed by atoms with Crippen LogP contribution >= 0.6 is 0 Å². The predicted molar refractivity (Wildman–Crippen MR) is 77.5 cm³/mol. The number of halogens is 1. The van der Waals surface area contributed by atoms with Crippen molar-refractivity contribution < 1.29 is 19.0 Å². The van der Waals surface area contributed by atoms with Crippen molar-refractivity contribution in [2.24, 2.45) is 0 Å². The summed E-state index contributed by atoms with van der Waals surface area (Å²) in [5.74, 6) is -0.864. The van der Waals surface area contributed by atoms with Crippen LogP contribution in [0, 0.1) is 12.7 Å². The number of carbonyl (C=O) groups is 1. The molecule has 0 bridgehead atoms. The number of likely N-dealkylation sites (N-methyl/N-ethyl adjacent to an activating group) is 1. The van der Waals surface area contributed by atoms with Crippen LogP contribution < -0.4 is 5.73 Å². The largest absolute Gasteiger partial charge is 0.398 e. The molecule has 1 aromatic rings. The van der Waals surface area contributed by atoms with Crippen LogP contribution in [0.2, 0.25) is 0 Å². The van der Waals surface area contributed by atoms with Gasteiger partial charge >= 0.3 is 0 Å². The van der Waals surface area contributed by atoms with Gasteiger partial charge in [0.15, 0.2) is 0 Å². The molecule has 1 aromatic carbocycles. The lowest BCUT2D eigenvalue weighted by Gasteiger charge is -2.35. The first kappa shape index (κ1) is 15.7. The summed E-state index contributed by atoms with van der Waals surface area (Å²) in [7, 11) is 1.59. The number of amides is 1. The first-order valence-corrected chi connectivity index (χ1v) is 6.94. The Morgan fingerprint density at radius 3 is 2.67 bits per heavy atom. The summed E-state index contributed by atoms with van der Waals surface area (Å²) in [6.07, 6.45) is 0.962. The molecule has 0 radical (unpaired) electrons. The van der Waals surface area contributed by atoms with Gasteiger partial charge in [-0.2, -0.15) is 0 Å². The van der Waals surface area contributed by atoms with Gasteiger partial charge in [0, 0.05) is 56.5 Å². The van der Waals surface area contributed by atoms with Crippen LogP contribution in [-0.2, 0) is 4.74 Å². The molecule has 5 nitrogen and oxygen atoms in total. The van der Waals surface area contributed by atoms with Crippen LogP contribution in [0.5, 0.6) is 0 Å². The van der Waals surface area contributed by atoms with E-state index >= 15 is 0 Å². The quantitative estimate of drug-likeness (QED) is 0.825. The molecule has 21 heavy (non-hydrogen) atoms. The number of benzene rings is 1. The van der Waals surface area contributed by atoms with Crippen molar-refractivity contribution in [1.82, 2.24) is 4.90 Å². The number of hydrogen-bond donors (Lipinski definition) is 2. The summed E-state index contributed by atoms with van der Waals surface area (Å²) in [4.78, 5) is 13.7. The Morgan fingerprint density at radius 2 is 2.10 bits per heavy atom. The Labute approximate surface area is 123 Å². The first-order valence-electron chi connectivity index (χ1n) is 6.94. The van der Waals surface area contributed by atoms with E-state index in [4.69, 9.17) is 10.5 Å². The molecule has 1 aliphatic heterocycles. The fraction of sp³-hybridized carbons (Fsp3) is 0.533. The van der Waals surface area contributed by atoms with Gasteiger partial charge in [-0.3, -0.25) is 4.79 Å². The zero-order valence-electron chi connectivity index (χ0n) is 12.4. The molecule has 1 amide bonds. The van der Waals surface area contributed by atoms with Gasteiger partial charge in [-0.15, -0.1) is 0 Å². The van der Waals surface area contributed by atoms with E-state index in [0.717, 1.165) is 0 Å². The van der Waals surface area contributed by atoms with Gasteiger partial charge in [0.1, 0.15) is 5.82 Å². The average molecular weight is 296 g/mol. The molecule has 0 saturated carbocycles. The maximum Gasteiger partial charge on any atom is 0.253 e. The highest BCUT2D eigenvalue weighted by molar-refractivity contribution is 5.95. The van der Waals surface area contributed by atoms with Crippen molar-refractivity contribution in [3.05, 3.63) is 29.1 Å². The third-order valence-electron chi connectivity index (χ3n) is 3.93. The van der Waals surface area contributed by atoms with Crippen LogP contribution in [0.15, 0.2) is 12.1 Å². The third kappa shape index (κ3) is 3.51. The standard InChI is InChI=1S/C15H21FN2O3/c1-10-12(16)7-11(8-13(10)17)14(19)18(2)9-15(20)3-5-21-6-4-15/h7-8,20H,3-6,9,17H2,1-2H3. The van der Waals surface area contributed by atoms with Gasteiger partial charge < -0.3 is 20.5 Å². The maximum absolute atomic E-state index is 13.7. The van der Waals surface area contributed by atoms with Crippen molar-refractivity contribution in [3.8, 4) is 0 Å². The molecule has 1 fully saturated rings.